The van der Waals surface area contributed by atoms with Crippen LogP contribution in [0.2, 0.25) is 0 Å². The first kappa shape index (κ1) is 14.7. The predicted octanol–water partition coefficient (Wildman–Crippen LogP) is 0.0190. The molecule has 0 aromatic heterocycles. The highest BCUT2D eigenvalue weighted by molar-refractivity contribution is 5.90. The summed E-state index contributed by atoms with van der Waals surface area (Å²) in [5.41, 5.74) is -0.304. The number of ether oxygens (including phenoxy) is 2. The maximum Gasteiger partial charge on any atom is 0.177 e. The molecule has 24 heavy (non-hydrogen) atoms. The normalized spacial score (nSPS) is 42.5. The van der Waals surface area contributed by atoms with Gasteiger partial charge in [0.2, 0.25) is 0 Å². The van der Waals surface area contributed by atoms with Gasteiger partial charge in [0.15, 0.2) is 23.4 Å². The molecule has 1 saturated carbocycles. The highest BCUT2D eigenvalue weighted by atomic mass is 16.5. The van der Waals surface area contributed by atoms with E-state index in [9.17, 15) is 15.0 Å². The molecule has 6 heteroatoms. The second-order valence-corrected chi connectivity index (χ2v) is 7.56. The van der Waals surface area contributed by atoms with Crippen molar-refractivity contribution in [2.24, 2.45) is 0 Å². The summed E-state index contributed by atoms with van der Waals surface area (Å²) in [6.07, 6.45) is -0.686. The summed E-state index contributed by atoms with van der Waals surface area (Å²) in [6.45, 7) is 0.753. The SMILES string of the molecule is COc1ccc2c3c1O[C@H]1C(=O)C[C@@H](O)[C@@]4(O)[C@@H](C2)N(C)CC[C@]314. The fraction of sp³-hybridized carbons (Fsp3) is 0.611. The van der Waals surface area contributed by atoms with Crippen LogP contribution in [0.3, 0.4) is 0 Å². The number of hydrogen-bond donors (Lipinski definition) is 2. The average Bonchev–Trinajstić information content (AvgIpc) is 2.91. The third-order valence-corrected chi connectivity index (χ3v) is 6.78. The number of piperidine rings is 1. The summed E-state index contributed by atoms with van der Waals surface area (Å²) in [4.78, 5) is 14.8. The van der Waals surface area contributed by atoms with Crippen molar-refractivity contribution >= 4 is 5.78 Å². The quantitative estimate of drug-likeness (QED) is 0.755. The molecule has 2 heterocycles. The number of benzene rings is 1. The second-order valence-electron chi connectivity index (χ2n) is 7.56. The highest BCUT2D eigenvalue weighted by Crippen LogP contribution is 2.64. The van der Waals surface area contributed by atoms with E-state index in [0.717, 1.165) is 17.7 Å². The average molecular weight is 331 g/mol. The molecular formula is C18H21NO5. The van der Waals surface area contributed by atoms with Crippen LogP contribution in [0.15, 0.2) is 12.1 Å². The maximum atomic E-state index is 12.7. The molecule has 5 atom stereocenters. The molecule has 2 N–H and O–H groups in total. The predicted molar refractivity (Wildman–Crippen MR) is 84.4 cm³/mol. The van der Waals surface area contributed by atoms with Gasteiger partial charge in [0.1, 0.15) is 5.60 Å². The number of Topliss-reactive ketones (excluding diaryl/α,β-unsaturated/α-hetero) is 1. The zero-order chi connectivity index (χ0) is 16.9. The summed E-state index contributed by atoms with van der Waals surface area (Å²) in [7, 11) is 3.54. The lowest BCUT2D eigenvalue weighted by Gasteiger charge is -2.63. The monoisotopic (exact) mass is 331 g/mol. The van der Waals surface area contributed by atoms with Crippen LogP contribution in [0, 0.1) is 0 Å². The Balaban J connectivity index is 1.87. The van der Waals surface area contributed by atoms with Gasteiger partial charge in [0.25, 0.3) is 0 Å². The van der Waals surface area contributed by atoms with Crippen LogP contribution in [-0.2, 0) is 16.6 Å². The number of ketones is 1. The van der Waals surface area contributed by atoms with Gasteiger partial charge in [-0.15, -0.1) is 0 Å². The molecule has 1 spiro atoms. The Bertz CT molecular complexity index is 764. The standard InChI is InChI=1S/C18H21NO5/c1-19-6-5-17-14-9-3-4-11(23-2)15(14)24-16(17)10(20)8-13(21)18(17,22)12(19)7-9/h3-4,12-13,16,21-22H,5-8H2,1-2H3/t12-,13-,16+,17+,18+/m1/s1. The van der Waals surface area contributed by atoms with E-state index in [1.165, 1.54) is 0 Å². The molecule has 0 unspecified atom stereocenters. The van der Waals surface area contributed by atoms with E-state index >= 15 is 0 Å². The summed E-state index contributed by atoms with van der Waals surface area (Å²) >= 11 is 0. The van der Waals surface area contributed by atoms with Gasteiger partial charge in [-0.1, -0.05) is 6.07 Å². The Hall–Kier alpha value is -1.63. The summed E-state index contributed by atoms with van der Waals surface area (Å²) in [5, 5.41) is 22.5. The van der Waals surface area contributed by atoms with Crippen molar-refractivity contribution in [2.75, 3.05) is 20.7 Å². The van der Waals surface area contributed by atoms with Crippen LogP contribution in [0.1, 0.15) is 24.0 Å². The Morgan fingerprint density at radius 3 is 2.92 bits per heavy atom. The van der Waals surface area contributed by atoms with Gasteiger partial charge in [0, 0.05) is 18.0 Å². The summed E-state index contributed by atoms with van der Waals surface area (Å²) in [6, 6.07) is 3.64. The van der Waals surface area contributed by atoms with Crippen molar-refractivity contribution < 1.29 is 24.5 Å². The molecule has 0 amide bonds. The highest BCUT2D eigenvalue weighted by Gasteiger charge is 2.75. The zero-order valence-electron chi connectivity index (χ0n) is 13.8. The molecule has 2 fully saturated rings. The molecular weight excluding hydrogens is 310 g/mol. The molecule has 4 aliphatic rings. The number of hydrogen-bond acceptors (Lipinski definition) is 6. The Kier molecular flexibility index (Phi) is 2.64. The molecule has 1 saturated heterocycles. The Morgan fingerprint density at radius 1 is 1.38 bits per heavy atom. The van der Waals surface area contributed by atoms with E-state index in [0.29, 0.717) is 24.3 Å². The van der Waals surface area contributed by atoms with Crippen LogP contribution in [0.5, 0.6) is 11.5 Å². The Labute approximate surface area is 140 Å². The molecule has 1 aromatic carbocycles. The van der Waals surface area contributed by atoms with E-state index < -0.39 is 23.2 Å². The molecule has 2 bridgehead atoms. The third kappa shape index (κ3) is 1.31. The van der Waals surface area contributed by atoms with Crippen molar-refractivity contribution in [1.82, 2.24) is 4.90 Å². The minimum Gasteiger partial charge on any atom is -0.493 e. The zero-order valence-corrected chi connectivity index (χ0v) is 13.8. The van der Waals surface area contributed by atoms with Crippen LogP contribution < -0.4 is 9.47 Å². The van der Waals surface area contributed by atoms with Crippen LogP contribution >= 0.6 is 0 Å². The molecule has 0 radical (unpaired) electrons. The molecule has 5 rings (SSSR count). The van der Waals surface area contributed by atoms with Gasteiger partial charge in [-0.3, -0.25) is 4.79 Å². The van der Waals surface area contributed by atoms with Gasteiger partial charge >= 0.3 is 0 Å². The maximum absolute atomic E-state index is 12.7. The number of rotatable bonds is 1. The summed E-state index contributed by atoms with van der Waals surface area (Å²) < 4.78 is 11.5. The molecule has 2 aliphatic heterocycles. The van der Waals surface area contributed by atoms with Crippen molar-refractivity contribution in [1.29, 1.82) is 0 Å². The topological polar surface area (TPSA) is 79.2 Å². The number of nitrogens with zero attached hydrogens (tertiary/aromatic N) is 1. The van der Waals surface area contributed by atoms with Gasteiger partial charge in [-0.05, 0) is 38.1 Å². The molecule has 1 aromatic rings. The fourth-order valence-corrected chi connectivity index (χ4v) is 5.73. The first-order chi connectivity index (χ1) is 11.4. The second kappa shape index (κ2) is 4.31. The smallest absolute Gasteiger partial charge is 0.177 e. The first-order valence-electron chi connectivity index (χ1n) is 8.45. The van der Waals surface area contributed by atoms with Crippen LogP contribution in [0.25, 0.3) is 0 Å². The lowest BCUT2D eigenvalue weighted by atomic mass is 9.48. The molecule has 128 valence electrons. The minimum atomic E-state index is -1.39. The number of aliphatic hydroxyl groups excluding tert-OH is 1. The van der Waals surface area contributed by atoms with E-state index in [1.54, 1.807) is 7.11 Å². The minimum absolute atomic E-state index is 0.0705. The number of methoxy groups -OCH3 is 1. The van der Waals surface area contributed by atoms with E-state index in [4.69, 9.17) is 9.47 Å². The molecule has 6 nitrogen and oxygen atoms in total. The first-order valence-corrected chi connectivity index (χ1v) is 8.45. The Morgan fingerprint density at radius 2 is 2.17 bits per heavy atom. The van der Waals surface area contributed by atoms with Gasteiger partial charge in [-0.25, -0.2) is 0 Å². The fourth-order valence-electron chi connectivity index (χ4n) is 5.73. The van der Waals surface area contributed by atoms with Gasteiger partial charge in [0.05, 0.1) is 18.6 Å². The number of likely N-dealkylation sites (N-methyl/N-ethyl adjacent to an activating group) is 1. The summed E-state index contributed by atoms with van der Waals surface area (Å²) in [5.74, 6) is 1.02. The number of carbonyl (C=O) groups is 1. The van der Waals surface area contributed by atoms with E-state index in [1.807, 2.05) is 19.2 Å². The van der Waals surface area contributed by atoms with Crippen LogP contribution in [0.4, 0.5) is 0 Å². The van der Waals surface area contributed by atoms with Crippen molar-refractivity contribution in [3.8, 4) is 11.5 Å². The van der Waals surface area contributed by atoms with Crippen LogP contribution in [-0.4, -0.2) is 65.4 Å². The van der Waals surface area contributed by atoms with Gasteiger partial charge in [-0.2, -0.15) is 0 Å². The number of likely N-dealkylation sites (tertiary alicyclic amines) is 1. The van der Waals surface area contributed by atoms with E-state index in [-0.39, 0.29) is 18.2 Å². The number of aliphatic hydroxyl groups is 2. The number of carbonyl (C=O) groups excluding carboxylic acids is 1. The lowest BCUT2D eigenvalue weighted by molar-refractivity contribution is -0.226. The van der Waals surface area contributed by atoms with E-state index in [2.05, 4.69) is 4.90 Å². The largest absolute Gasteiger partial charge is 0.493 e. The van der Waals surface area contributed by atoms with Crippen molar-refractivity contribution in [3.63, 3.8) is 0 Å². The van der Waals surface area contributed by atoms with Crippen molar-refractivity contribution in [3.05, 3.63) is 23.3 Å². The van der Waals surface area contributed by atoms with Gasteiger partial charge < -0.3 is 24.6 Å². The lowest BCUT2D eigenvalue weighted by Crippen LogP contribution is -2.80. The van der Waals surface area contributed by atoms with Crippen molar-refractivity contribution in [2.45, 2.75) is 48.5 Å². The third-order valence-electron chi connectivity index (χ3n) is 6.78. The molecule has 2 aliphatic carbocycles.